The molecule has 0 bridgehead atoms. The minimum Gasteiger partial charge on any atom is -0.454 e. The SMILES string of the molecule is CCNCc1ccncc1Oc1cc(F)ccc1Br. The smallest absolute Gasteiger partial charge is 0.150 e. The van der Waals surface area contributed by atoms with Gasteiger partial charge in [-0.2, -0.15) is 0 Å². The lowest BCUT2D eigenvalue weighted by atomic mass is 10.2. The average Bonchev–Trinajstić information content (AvgIpc) is 2.42. The maximum atomic E-state index is 13.2. The molecule has 0 aliphatic heterocycles. The van der Waals surface area contributed by atoms with Gasteiger partial charge in [-0.3, -0.25) is 4.98 Å². The van der Waals surface area contributed by atoms with Gasteiger partial charge in [-0.05, 0) is 40.7 Å². The summed E-state index contributed by atoms with van der Waals surface area (Å²) in [6.45, 7) is 3.58. The zero-order chi connectivity index (χ0) is 13.7. The van der Waals surface area contributed by atoms with Gasteiger partial charge < -0.3 is 10.1 Å². The van der Waals surface area contributed by atoms with Gasteiger partial charge in [0, 0.05) is 24.4 Å². The predicted octanol–water partition coefficient (Wildman–Crippen LogP) is 3.89. The van der Waals surface area contributed by atoms with E-state index in [2.05, 4.69) is 26.2 Å². The van der Waals surface area contributed by atoms with Gasteiger partial charge in [-0.25, -0.2) is 4.39 Å². The van der Waals surface area contributed by atoms with Gasteiger partial charge in [-0.1, -0.05) is 6.92 Å². The minimum atomic E-state index is -0.338. The molecule has 2 rings (SSSR count). The number of ether oxygens (including phenoxy) is 1. The highest BCUT2D eigenvalue weighted by molar-refractivity contribution is 9.10. The molecular weight excluding hydrogens is 311 g/mol. The fraction of sp³-hybridized carbons (Fsp3) is 0.214. The molecule has 0 spiro atoms. The first-order valence-electron chi connectivity index (χ1n) is 5.97. The van der Waals surface area contributed by atoms with Gasteiger partial charge in [0.25, 0.3) is 0 Å². The molecule has 0 atom stereocenters. The molecule has 0 saturated heterocycles. The Morgan fingerprint density at radius 3 is 2.95 bits per heavy atom. The van der Waals surface area contributed by atoms with Crippen LogP contribution in [0.1, 0.15) is 12.5 Å². The Morgan fingerprint density at radius 2 is 2.16 bits per heavy atom. The second-order valence-electron chi connectivity index (χ2n) is 3.94. The van der Waals surface area contributed by atoms with Gasteiger partial charge >= 0.3 is 0 Å². The van der Waals surface area contributed by atoms with E-state index >= 15 is 0 Å². The average molecular weight is 325 g/mol. The molecular formula is C14H14BrFN2O. The summed E-state index contributed by atoms with van der Waals surface area (Å²) in [5.74, 6) is 0.718. The van der Waals surface area contributed by atoms with E-state index in [9.17, 15) is 4.39 Å². The number of pyridine rings is 1. The van der Waals surface area contributed by atoms with Gasteiger partial charge in [0.1, 0.15) is 17.3 Å². The first-order chi connectivity index (χ1) is 9.20. The van der Waals surface area contributed by atoms with Crippen molar-refractivity contribution in [1.82, 2.24) is 10.3 Å². The molecule has 0 aliphatic rings. The maximum Gasteiger partial charge on any atom is 0.150 e. The highest BCUT2D eigenvalue weighted by Gasteiger charge is 2.08. The van der Waals surface area contributed by atoms with Crippen molar-refractivity contribution in [2.45, 2.75) is 13.5 Å². The third-order valence-electron chi connectivity index (χ3n) is 2.55. The lowest BCUT2D eigenvalue weighted by molar-refractivity contribution is 0.462. The summed E-state index contributed by atoms with van der Waals surface area (Å²) < 4.78 is 19.7. The van der Waals surface area contributed by atoms with Crippen molar-refractivity contribution in [1.29, 1.82) is 0 Å². The summed E-state index contributed by atoms with van der Waals surface area (Å²) in [6, 6.07) is 6.21. The first-order valence-corrected chi connectivity index (χ1v) is 6.76. The van der Waals surface area contributed by atoms with Crippen LogP contribution in [0.15, 0.2) is 41.1 Å². The van der Waals surface area contributed by atoms with Gasteiger partial charge in [-0.15, -0.1) is 0 Å². The van der Waals surface area contributed by atoms with Crippen LogP contribution in [0.2, 0.25) is 0 Å². The van der Waals surface area contributed by atoms with Crippen molar-refractivity contribution in [2.75, 3.05) is 6.54 Å². The molecule has 2 aromatic rings. The molecule has 0 amide bonds. The van der Waals surface area contributed by atoms with E-state index < -0.39 is 0 Å². The number of hydrogen-bond donors (Lipinski definition) is 1. The number of benzene rings is 1. The lowest BCUT2D eigenvalue weighted by Crippen LogP contribution is -2.12. The summed E-state index contributed by atoms with van der Waals surface area (Å²) in [4.78, 5) is 4.04. The highest BCUT2D eigenvalue weighted by atomic mass is 79.9. The molecule has 1 aromatic heterocycles. The Labute approximate surface area is 119 Å². The van der Waals surface area contributed by atoms with Crippen LogP contribution in [-0.4, -0.2) is 11.5 Å². The molecule has 1 heterocycles. The van der Waals surface area contributed by atoms with E-state index in [1.54, 1.807) is 18.5 Å². The van der Waals surface area contributed by atoms with E-state index in [1.165, 1.54) is 12.1 Å². The quantitative estimate of drug-likeness (QED) is 0.906. The Balaban J connectivity index is 2.25. The van der Waals surface area contributed by atoms with Crippen LogP contribution >= 0.6 is 15.9 Å². The number of aromatic nitrogens is 1. The fourth-order valence-electron chi connectivity index (χ4n) is 1.58. The van der Waals surface area contributed by atoms with Crippen molar-refractivity contribution in [3.8, 4) is 11.5 Å². The van der Waals surface area contributed by atoms with Crippen molar-refractivity contribution in [3.63, 3.8) is 0 Å². The topological polar surface area (TPSA) is 34.2 Å². The number of nitrogens with zero attached hydrogens (tertiary/aromatic N) is 1. The molecule has 1 aromatic carbocycles. The maximum absolute atomic E-state index is 13.2. The monoisotopic (exact) mass is 324 g/mol. The normalized spacial score (nSPS) is 10.5. The van der Waals surface area contributed by atoms with E-state index in [-0.39, 0.29) is 5.82 Å². The molecule has 0 radical (unpaired) electrons. The van der Waals surface area contributed by atoms with Crippen molar-refractivity contribution in [3.05, 3.63) is 52.5 Å². The molecule has 1 N–H and O–H groups in total. The molecule has 3 nitrogen and oxygen atoms in total. The zero-order valence-electron chi connectivity index (χ0n) is 10.5. The summed E-state index contributed by atoms with van der Waals surface area (Å²) in [5, 5.41) is 3.22. The third-order valence-corrected chi connectivity index (χ3v) is 3.20. The molecule has 0 unspecified atom stereocenters. The number of halogens is 2. The first kappa shape index (κ1) is 14.0. The molecule has 0 fully saturated rings. The van der Waals surface area contributed by atoms with Crippen molar-refractivity contribution in [2.24, 2.45) is 0 Å². The molecule has 0 saturated carbocycles. The Bertz CT molecular complexity index is 563. The van der Waals surface area contributed by atoms with Crippen LogP contribution in [0.5, 0.6) is 11.5 Å². The lowest BCUT2D eigenvalue weighted by Gasteiger charge is -2.12. The summed E-state index contributed by atoms with van der Waals surface area (Å²) in [6.07, 6.45) is 3.34. The van der Waals surface area contributed by atoms with Gasteiger partial charge in [0.05, 0.1) is 10.7 Å². The van der Waals surface area contributed by atoms with Crippen LogP contribution < -0.4 is 10.1 Å². The minimum absolute atomic E-state index is 0.338. The van der Waals surface area contributed by atoms with Crippen molar-refractivity contribution < 1.29 is 9.13 Å². The van der Waals surface area contributed by atoms with E-state index in [4.69, 9.17) is 4.74 Å². The Morgan fingerprint density at radius 1 is 1.32 bits per heavy atom. The van der Waals surface area contributed by atoms with Crippen LogP contribution in [0, 0.1) is 5.82 Å². The Kier molecular flexibility index (Phi) is 4.87. The second-order valence-corrected chi connectivity index (χ2v) is 4.79. The Hall–Kier alpha value is -1.46. The highest BCUT2D eigenvalue weighted by Crippen LogP contribution is 2.31. The number of rotatable bonds is 5. The van der Waals surface area contributed by atoms with Crippen molar-refractivity contribution >= 4 is 15.9 Å². The van der Waals surface area contributed by atoms with Gasteiger partial charge in [0.15, 0.2) is 0 Å². The molecule has 100 valence electrons. The van der Waals surface area contributed by atoms with E-state index in [0.29, 0.717) is 22.5 Å². The zero-order valence-corrected chi connectivity index (χ0v) is 12.1. The second kappa shape index (κ2) is 6.63. The largest absolute Gasteiger partial charge is 0.454 e. The molecule has 5 heteroatoms. The van der Waals surface area contributed by atoms with Crippen LogP contribution in [0.3, 0.4) is 0 Å². The standard InChI is InChI=1S/C14H14BrFN2O/c1-2-17-8-10-5-6-18-9-14(10)19-13-7-11(16)3-4-12(13)15/h3-7,9,17H,2,8H2,1H3. The van der Waals surface area contributed by atoms with E-state index in [0.717, 1.165) is 12.1 Å². The predicted molar refractivity (Wildman–Crippen MR) is 75.8 cm³/mol. The van der Waals surface area contributed by atoms with E-state index in [1.807, 2.05) is 13.0 Å². The number of nitrogens with one attached hydrogen (secondary N) is 1. The fourth-order valence-corrected chi connectivity index (χ4v) is 1.91. The summed E-state index contributed by atoms with van der Waals surface area (Å²) in [5.41, 5.74) is 0.980. The number of hydrogen-bond acceptors (Lipinski definition) is 3. The molecule has 0 aliphatic carbocycles. The molecule has 19 heavy (non-hydrogen) atoms. The van der Waals surface area contributed by atoms with Crippen LogP contribution in [0.25, 0.3) is 0 Å². The summed E-state index contributed by atoms with van der Waals surface area (Å²) >= 11 is 3.34. The van der Waals surface area contributed by atoms with Crippen LogP contribution in [0.4, 0.5) is 4.39 Å². The summed E-state index contributed by atoms with van der Waals surface area (Å²) in [7, 11) is 0. The third kappa shape index (κ3) is 3.75. The van der Waals surface area contributed by atoms with Crippen LogP contribution in [-0.2, 0) is 6.54 Å². The van der Waals surface area contributed by atoms with Gasteiger partial charge in [0.2, 0.25) is 0 Å².